The summed E-state index contributed by atoms with van der Waals surface area (Å²) < 4.78 is 27.4. The number of hydrogen-bond acceptors (Lipinski definition) is 3. The summed E-state index contributed by atoms with van der Waals surface area (Å²) in [7, 11) is -3.98. The van der Waals surface area contributed by atoms with Gasteiger partial charge in [-0.15, -0.1) is 0 Å². The highest BCUT2D eigenvalue weighted by Crippen LogP contribution is 2.29. The highest BCUT2D eigenvalue weighted by Gasteiger charge is 2.28. The van der Waals surface area contributed by atoms with Crippen LogP contribution in [0.1, 0.15) is 20.8 Å². The molecule has 8 heteroatoms. The van der Waals surface area contributed by atoms with E-state index in [1.807, 2.05) is 20.8 Å². The normalized spacial score (nSPS) is 12.7. The van der Waals surface area contributed by atoms with Crippen LogP contribution in [0.5, 0.6) is 0 Å². The van der Waals surface area contributed by atoms with Crippen LogP contribution in [-0.2, 0) is 14.8 Å². The second-order valence-corrected chi connectivity index (χ2v) is 9.29. The van der Waals surface area contributed by atoms with E-state index < -0.39 is 15.9 Å². The van der Waals surface area contributed by atoms with E-state index in [0.717, 1.165) is 4.31 Å². The summed E-state index contributed by atoms with van der Waals surface area (Å²) in [4.78, 5) is 12.6. The molecule has 0 aliphatic heterocycles. The van der Waals surface area contributed by atoms with E-state index in [4.69, 9.17) is 23.2 Å². The number of sulfonamides is 1. The number of hydrogen-bond donors (Lipinski definition) is 1. The number of halogens is 2. The van der Waals surface area contributed by atoms with Gasteiger partial charge in [-0.1, -0.05) is 55.2 Å². The summed E-state index contributed by atoms with van der Waals surface area (Å²) in [5.74, 6) is -0.194. The Bertz CT molecular complexity index is 882. The van der Waals surface area contributed by atoms with Crippen LogP contribution in [-0.4, -0.2) is 26.9 Å². The van der Waals surface area contributed by atoms with Crippen LogP contribution in [0.4, 0.5) is 5.69 Å². The smallest absolute Gasteiger partial charge is 0.264 e. The summed E-state index contributed by atoms with van der Waals surface area (Å²) in [6, 6.07) is 12.2. The fraction of sp³-hybridized carbons (Fsp3) is 0.316. The molecule has 0 bridgehead atoms. The summed E-state index contributed by atoms with van der Waals surface area (Å²) >= 11 is 12.1. The van der Waals surface area contributed by atoms with E-state index in [9.17, 15) is 13.2 Å². The summed E-state index contributed by atoms with van der Waals surface area (Å²) in [5, 5.41) is 3.38. The van der Waals surface area contributed by atoms with Crippen molar-refractivity contribution in [1.29, 1.82) is 0 Å². The lowest BCUT2D eigenvalue weighted by molar-refractivity contribution is -0.120. The Labute approximate surface area is 170 Å². The Morgan fingerprint density at radius 1 is 1.04 bits per heavy atom. The van der Waals surface area contributed by atoms with Crippen LogP contribution in [0.25, 0.3) is 0 Å². The first-order valence-electron chi connectivity index (χ1n) is 8.44. The molecule has 2 aromatic rings. The fourth-order valence-electron chi connectivity index (χ4n) is 2.31. The minimum Gasteiger partial charge on any atom is -0.352 e. The van der Waals surface area contributed by atoms with E-state index in [-0.39, 0.29) is 39.1 Å². The van der Waals surface area contributed by atoms with Gasteiger partial charge in [-0.3, -0.25) is 9.10 Å². The Balaban J connectivity index is 2.44. The molecule has 1 N–H and O–H groups in total. The third kappa shape index (κ3) is 5.61. The van der Waals surface area contributed by atoms with E-state index in [2.05, 4.69) is 5.32 Å². The van der Waals surface area contributed by atoms with Gasteiger partial charge in [-0.05, 0) is 43.2 Å². The first kappa shape index (κ1) is 21.5. The molecule has 27 heavy (non-hydrogen) atoms. The Kier molecular flexibility index (Phi) is 7.14. The van der Waals surface area contributed by atoms with Gasteiger partial charge in [0, 0.05) is 16.1 Å². The SMILES string of the molecule is CC(C)[C@@H](C)NC(=O)CN(c1cc(Cl)cc(Cl)c1)S(=O)(=O)c1ccccc1. The van der Waals surface area contributed by atoms with E-state index in [1.54, 1.807) is 18.2 Å². The van der Waals surface area contributed by atoms with Crippen molar-refractivity contribution < 1.29 is 13.2 Å². The molecule has 0 radical (unpaired) electrons. The van der Waals surface area contributed by atoms with Gasteiger partial charge in [0.15, 0.2) is 0 Å². The van der Waals surface area contributed by atoms with Crippen molar-refractivity contribution in [1.82, 2.24) is 5.32 Å². The van der Waals surface area contributed by atoms with Crippen molar-refractivity contribution in [2.75, 3.05) is 10.8 Å². The van der Waals surface area contributed by atoms with Gasteiger partial charge in [0.2, 0.25) is 5.91 Å². The van der Waals surface area contributed by atoms with Crippen molar-refractivity contribution in [3.8, 4) is 0 Å². The average molecular weight is 429 g/mol. The molecular formula is C19H22Cl2N2O3S. The summed E-state index contributed by atoms with van der Waals surface area (Å²) in [6.45, 7) is 5.43. The number of amides is 1. The molecule has 1 atom stereocenters. The zero-order valence-corrected chi connectivity index (χ0v) is 17.6. The predicted octanol–water partition coefficient (Wildman–Crippen LogP) is 4.35. The predicted molar refractivity (Wildman–Crippen MR) is 110 cm³/mol. The first-order valence-corrected chi connectivity index (χ1v) is 10.6. The molecule has 0 aromatic heterocycles. The molecule has 146 valence electrons. The molecule has 0 heterocycles. The van der Waals surface area contributed by atoms with E-state index in [1.165, 1.54) is 30.3 Å². The standard InChI is InChI=1S/C19H22Cl2N2O3S/c1-13(2)14(3)22-19(24)12-23(17-10-15(20)9-16(21)11-17)27(25,26)18-7-5-4-6-8-18/h4-11,13-14H,12H2,1-3H3,(H,22,24)/t14-/m1/s1. The third-order valence-corrected chi connectivity index (χ3v) is 6.37. The highest BCUT2D eigenvalue weighted by molar-refractivity contribution is 7.92. The lowest BCUT2D eigenvalue weighted by Crippen LogP contribution is -2.45. The third-order valence-electron chi connectivity index (χ3n) is 4.14. The molecule has 0 aliphatic carbocycles. The molecule has 0 fully saturated rings. The number of carbonyl (C=O) groups excluding carboxylic acids is 1. The minimum absolute atomic E-state index is 0.0748. The number of rotatable bonds is 7. The Morgan fingerprint density at radius 2 is 1.59 bits per heavy atom. The maximum absolute atomic E-state index is 13.2. The largest absolute Gasteiger partial charge is 0.352 e. The Morgan fingerprint density at radius 3 is 2.11 bits per heavy atom. The monoisotopic (exact) mass is 428 g/mol. The van der Waals surface area contributed by atoms with E-state index in [0.29, 0.717) is 0 Å². The van der Waals surface area contributed by atoms with Gasteiger partial charge in [-0.2, -0.15) is 0 Å². The number of nitrogens with one attached hydrogen (secondary N) is 1. The topological polar surface area (TPSA) is 66.5 Å². The minimum atomic E-state index is -3.98. The van der Waals surface area contributed by atoms with Gasteiger partial charge < -0.3 is 5.32 Å². The maximum Gasteiger partial charge on any atom is 0.264 e. The molecular weight excluding hydrogens is 407 g/mol. The van der Waals surface area contributed by atoms with Crippen molar-refractivity contribution in [2.45, 2.75) is 31.7 Å². The molecule has 0 unspecified atom stereocenters. The number of anilines is 1. The van der Waals surface area contributed by atoms with Crippen molar-refractivity contribution in [3.05, 3.63) is 58.6 Å². The number of nitrogens with zero attached hydrogens (tertiary/aromatic N) is 1. The Hall–Kier alpha value is -1.76. The molecule has 1 amide bonds. The second kappa shape index (κ2) is 8.95. The lowest BCUT2D eigenvalue weighted by atomic mass is 10.1. The molecule has 0 saturated carbocycles. The average Bonchev–Trinajstić information content (AvgIpc) is 2.59. The van der Waals surface area contributed by atoms with Crippen molar-refractivity contribution >= 4 is 44.8 Å². The fourth-order valence-corrected chi connectivity index (χ4v) is 4.25. The van der Waals surface area contributed by atoms with Gasteiger partial charge in [0.1, 0.15) is 6.54 Å². The van der Waals surface area contributed by atoms with Crippen LogP contribution in [0, 0.1) is 5.92 Å². The molecule has 0 saturated heterocycles. The van der Waals surface area contributed by atoms with Crippen LogP contribution < -0.4 is 9.62 Å². The van der Waals surface area contributed by atoms with E-state index >= 15 is 0 Å². The number of benzene rings is 2. The van der Waals surface area contributed by atoms with Crippen molar-refractivity contribution in [3.63, 3.8) is 0 Å². The van der Waals surface area contributed by atoms with Crippen LogP contribution in [0.15, 0.2) is 53.4 Å². The van der Waals surface area contributed by atoms with Gasteiger partial charge in [0.25, 0.3) is 10.0 Å². The van der Waals surface area contributed by atoms with Crippen LogP contribution in [0.3, 0.4) is 0 Å². The van der Waals surface area contributed by atoms with Crippen molar-refractivity contribution in [2.24, 2.45) is 5.92 Å². The lowest BCUT2D eigenvalue weighted by Gasteiger charge is -2.26. The zero-order valence-electron chi connectivity index (χ0n) is 15.3. The van der Waals surface area contributed by atoms with Gasteiger partial charge >= 0.3 is 0 Å². The highest BCUT2D eigenvalue weighted by atomic mass is 35.5. The molecule has 0 spiro atoms. The van der Waals surface area contributed by atoms with Crippen LogP contribution >= 0.6 is 23.2 Å². The van der Waals surface area contributed by atoms with Gasteiger partial charge in [0.05, 0.1) is 10.6 Å². The first-order chi connectivity index (χ1) is 12.6. The molecule has 0 aliphatic rings. The van der Waals surface area contributed by atoms with Gasteiger partial charge in [-0.25, -0.2) is 8.42 Å². The van der Waals surface area contributed by atoms with Crippen LogP contribution in [0.2, 0.25) is 10.0 Å². The zero-order chi connectivity index (χ0) is 20.2. The number of carbonyl (C=O) groups is 1. The quantitative estimate of drug-likeness (QED) is 0.712. The molecule has 2 rings (SSSR count). The summed E-state index contributed by atoms with van der Waals surface area (Å²) in [6.07, 6.45) is 0. The maximum atomic E-state index is 13.2. The second-order valence-electron chi connectivity index (χ2n) is 6.55. The molecule has 2 aromatic carbocycles. The molecule has 5 nitrogen and oxygen atoms in total. The summed E-state index contributed by atoms with van der Waals surface area (Å²) in [5.41, 5.74) is 0.226.